The number of hydrogen-bond donors (Lipinski definition) is 0. The second-order valence-electron chi connectivity index (χ2n) is 5.89. The second kappa shape index (κ2) is 5.89. The predicted molar refractivity (Wildman–Crippen MR) is 68.1 cm³/mol. The molecule has 1 heteroatoms. The Kier molecular flexibility index (Phi) is 5.11. The predicted octanol–water partition coefficient (Wildman–Crippen LogP) is 3.79. The van der Waals surface area contributed by atoms with Crippen molar-refractivity contribution in [2.75, 3.05) is 13.6 Å². The molecule has 90 valence electrons. The number of hydrogen-bond acceptors (Lipinski definition) is 1. The van der Waals surface area contributed by atoms with Crippen LogP contribution >= 0.6 is 0 Å². The Morgan fingerprint density at radius 1 is 1.13 bits per heavy atom. The molecule has 1 nitrogen and oxygen atoms in total. The van der Waals surface area contributed by atoms with Crippen LogP contribution in [0.4, 0.5) is 0 Å². The normalized spacial score (nSPS) is 39.8. The first-order chi connectivity index (χ1) is 7.04. The van der Waals surface area contributed by atoms with E-state index in [4.69, 9.17) is 0 Å². The highest BCUT2D eigenvalue weighted by molar-refractivity contribution is 4.79. The summed E-state index contributed by atoms with van der Waals surface area (Å²) in [5, 5.41) is 0. The van der Waals surface area contributed by atoms with E-state index in [0.29, 0.717) is 0 Å². The van der Waals surface area contributed by atoms with E-state index in [0.717, 1.165) is 23.8 Å². The van der Waals surface area contributed by atoms with Gasteiger partial charge in [-0.1, -0.05) is 27.2 Å². The molecule has 0 aromatic heterocycles. The molecular formula is C14H29N. The Hall–Kier alpha value is -0.0400. The van der Waals surface area contributed by atoms with Gasteiger partial charge >= 0.3 is 0 Å². The summed E-state index contributed by atoms with van der Waals surface area (Å²) in [4.78, 5) is 2.58. The van der Waals surface area contributed by atoms with E-state index in [1.165, 1.54) is 32.2 Å². The van der Waals surface area contributed by atoms with Crippen molar-refractivity contribution in [1.29, 1.82) is 0 Å². The highest BCUT2D eigenvalue weighted by atomic mass is 15.1. The van der Waals surface area contributed by atoms with Crippen molar-refractivity contribution in [3.8, 4) is 0 Å². The fourth-order valence-electron chi connectivity index (χ4n) is 3.16. The molecule has 1 heterocycles. The van der Waals surface area contributed by atoms with Gasteiger partial charge in [-0.3, -0.25) is 0 Å². The van der Waals surface area contributed by atoms with E-state index < -0.39 is 0 Å². The molecule has 4 atom stereocenters. The number of likely N-dealkylation sites (tertiary alicyclic amines) is 1. The smallest absolute Gasteiger partial charge is 0.00665 e. The van der Waals surface area contributed by atoms with Gasteiger partial charge in [-0.05, 0) is 51.0 Å². The van der Waals surface area contributed by atoms with E-state index >= 15 is 0 Å². The van der Waals surface area contributed by atoms with E-state index in [1.54, 1.807) is 0 Å². The quantitative estimate of drug-likeness (QED) is 0.672. The fourth-order valence-corrected chi connectivity index (χ4v) is 3.16. The van der Waals surface area contributed by atoms with E-state index in [-0.39, 0.29) is 0 Å². The van der Waals surface area contributed by atoms with Gasteiger partial charge in [0.05, 0.1) is 0 Å². The number of nitrogens with zero attached hydrogens (tertiary/aromatic N) is 1. The van der Waals surface area contributed by atoms with Crippen molar-refractivity contribution >= 4 is 0 Å². The largest absolute Gasteiger partial charge is 0.303 e. The minimum Gasteiger partial charge on any atom is -0.303 e. The van der Waals surface area contributed by atoms with Crippen LogP contribution in [0.1, 0.15) is 53.4 Å². The summed E-state index contributed by atoms with van der Waals surface area (Å²) in [6, 6.07) is 0.770. The SMILES string of the molecule is CCCC1CN(C)C(C)CC(C)CC1C. The minimum absolute atomic E-state index is 0.770. The summed E-state index contributed by atoms with van der Waals surface area (Å²) in [5.41, 5.74) is 0. The van der Waals surface area contributed by atoms with Crippen LogP contribution in [0.2, 0.25) is 0 Å². The summed E-state index contributed by atoms with van der Waals surface area (Å²) >= 11 is 0. The Labute approximate surface area is 96.2 Å². The lowest BCUT2D eigenvalue weighted by Gasteiger charge is -2.37. The van der Waals surface area contributed by atoms with Gasteiger partial charge in [0, 0.05) is 12.6 Å². The summed E-state index contributed by atoms with van der Waals surface area (Å²) < 4.78 is 0. The topological polar surface area (TPSA) is 3.24 Å². The van der Waals surface area contributed by atoms with Crippen molar-refractivity contribution in [2.24, 2.45) is 17.8 Å². The number of rotatable bonds is 2. The first-order valence-electron chi connectivity index (χ1n) is 6.74. The maximum absolute atomic E-state index is 2.58. The molecule has 1 saturated heterocycles. The van der Waals surface area contributed by atoms with Gasteiger partial charge < -0.3 is 4.90 Å². The molecule has 0 amide bonds. The van der Waals surface area contributed by atoms with Crippen LogP contribution in [0.3, 0.4) is 0 Å². The molecule has 1 aliphatic rings. The summed E-state index contributed by atoms with van der Waals surface area (Å²) in [7, 11) is 2.30. The molecule has 0 saturated carbocycles. The van der Waals surface area contributed by atoms with Crippen LogP contribution in [0.25, 0.3) is 0 Å². The maximum Gasteiger partial charge on any atom is 0.00665 e. The maximum atomic E-state index is 2.58. The highest BCUT2D eigenvalue weighted by Gasteiger charge is 2.26. The highest BCUT2D eigenvalue weighted by Crippen LogP contribution is 2.30. The molecule has 0 radical (unpaired) electrons. The zero-order valence-corrected chi connectivity index (χ0v) is 11.3. The van der Waals surface area contributed by atoms with Gasteiger partial charge in [0.1, 0.15) is 0 Å². The molecule has 1 rings (SSSR count). The first-order valence-corrected chi connectivity index (χ1v) is 6.74. The Morgan fingerprint density at radius 3 is 2.40 bits per heavy atom. The van der Waals surface area contributed by atoms with Crippen LogP contribution in [-0.2, 0) is 0 Å². The van der Waals surface area contributed by atoms with E-state index in [2.05, 4.69) is 39.6 Å². The molecule has 1 fully saturated rings. The van der Waals surface area contributed by atoms with Gasteiger partial charge in [0.15, 0.2) is 0 Å². The zero-order valence-electron chi connectivity index (χ0n) is 11.3. The zero-order chi connectivity index (χ0) is 11.4. The average Bonchev–Trinajstić information content (AvgIpc) is 2.15. The molecule has 0 aromatic rings. The third-order valence-corrected chi connectivity index (χ3v) is 4.26. The van der Waals surface area contributed by atoms with Crippen LogP contribution in [0, 0.1) is 17.8 Å². The molecule has 0 bridgehead atoms. The van der Waals surface area contributed by atoms with Crippen molar-refractivity contribution in [3.63, 3.8) is 0 Å². The molecule has 15 heavy (non-hydrogen) atoms. The van der Waals surface area contributed by atoms with Crippen molar-refractivity contribution in [2.45, 2.75) is 59.4 Å². The standard InChI is InChI=1S/C14H29N/c1-6-7-14-10-15(5)13(4)9-11(2)8-12(14)3/h11-14H,6-10H2,1-5H3. The molecule has 0 aromatic carbocycles. The lowest BCUT2D eigenvalue weighted by molar-refractivity contribution is 0.118. The third-order valence-electron chi connectivity index (χ3n) is 4.26. The van der Waals surface area contributed by atoms with Gasteiger partial charge in [0.2, 0.25) is 0 Å². The van der Waals surface area contributed by atoms with Crippen LogP contribution < -0.4 is 0 Å². The van der Waals surface area contributed by atoms with Crippen LogP contribution in [0.15, 0.2) is 0 Å². The average molecular weight is 211 g/mol. The molecule has 0 N–H and O–H groups in total. The van der Waals surface area contributed by atoms with Crippen LogP contribution in [-0.4, -0.2) is 24.5 Å². The molecular weight excluding hydrogens is 182 g/mol. The van der Waals surface area contributed by atoms with E-state index in [1.807, 2.05) is 0 Å². The summed E-state index contributed by atoms with van der Waals surface area (Å²) in [6.07, 6.45) is 5.55. The summed E-state index contributed by atoms with van der Waals surface area (Å²) in [6.45, 7) is 10.9. The Bertz CT molecular complexity index is 178. The molecule has 1 aliphatic heterocycles. The minimum atomic E-state index is 0.770. The monoisotopic (exact) mass is 211 g/mol. The van der Waals surface area contributed by atoms with E-state index in [9.17, 15) is 0 Å². The lowest BCUT2D eigenvalue weighted by Crippen LogP contribution is -2.39. The van der Waals surface area contributed by atoms with Gasteiger partial charge in [-0.2, -0.15) is 0 Å². The molecule has 0 spiro atoms. The molecule has 0 aliphatic carbocycles. The fraction of sp³-hybridized carbons (Fsp3) is 1.00. The third kappa shape index (κ3) is 3.79. The molecule has 4 unspecified atom stereocenters. The summed E-state index contributed by atoms with van der Waals surface area (Å²) in [5.74, 6) is 2.73. The van der Waals surface area contributed by atoms with Gasteiger partial charge in [-0.15, -0.1) is 0 Å². The Balaban J connectivity index is 2.62. The van der Waals surface area contributed by atoms with Crippen molar-refractivity contribution < 1.29 is 0 Å². The Morgan fingerprint density at radius 2 is 1.80 bits per heavy atom. The van der Waals surface area contributed by atoms with Crippen molar-refractivity contribution in [1.82, 2.24) is 4.90 Å². The van der Waals surface area contributed by atoms with Gasteiger partial charge in [-0.25, -0.2) is 0 Å². The van der Waals surface area contributed by atoms with Gasteiger partial charge in [0.25, 0.3) is 0 Å². The van der Waals surface area contributed by atoms with Crippen molar-refractivity contribution in [3.05, 3.63) is 0 Å². The lowest BCUT2D eigenvalue weighted by atomic mass is 9.80. The van der Waals surface area contributed by atoms with Crippen LogP contribution in [0.5, 0.6) is 0 Å². The second-order valence-corrected chi connectivity index (χ2v) is 5.89. The first kappa shape index (κ1) is 13.0.